The van der Waals surface area contributed by atoms with Crippen molar-refractivity contribution in [2.24, 2.45) is 0 Å². The molecule has 0 fully saturated rings. The van der Waals surface area contributed by atoms with Crippen molar-refractivity contribution in [1.29, 1.82) is 0 Å². The molecular weight excluding hydrogens is 287 g/mol. The van der Waals surface area contributed by atoms with Crippen molar-refractivity contribution in [2.45, 2.75) is 13.3 Å². The number of aromatic amines is 1. The summed E-state index contributed by atoms with van der Waals surface area (Å²) in [5, 5.41) is 0. The van der Waals surface area contributed by atoms with Crippen LogP contribution in [0.3, 0.4) is 0 Å². The van der Waals surface area contributed by atoms with E-state index >= 15 is 0 Å². The first kappa shape index (κ1) is 15.0. The van der Waals surface area contributed by atoms with Gasteiger partial charge in [-0.05, 0) is 42.8 Å². The number of nitrogens with one attached hydrogen (secondary N) is 1. The Hall–Kier alpha value is -2.44. The molecule has 2 rings (SSSR count). The lowest BCUT2D eigenvalue weighted by atomic mass is 10.1. The van der Waals surface area contributed by atoms with Crippen molar-refractivity contribution in [2.75, 3.05) is 6.61 Å². The summed E-state index contributed by atoms with van der Waals surface area (Å²) >= 11 is 0. The summed E-state index contributed by atoms with van der Waals surface area (Å²) in [7, 11) is 0. The largest absolute Gasteiger partial charge is 0.573 e. The van der Waals surface area contributed by atoms with Crippen LogP contribution in [0, 0.1) is 0 Å². The molecule has 4 nitrogen and oxygen atoms in total. The highest BCUT2D eigenvalue weighted by Crippen LogP contribution is 2.26. The number of halogens is 3. The topological polar surface area (TPSA) is 51.3 Å². The molecule has 0 aliphatic carbocycles. The highest BCUT2D eigenvalue weighted by Gasteiger charge is 2.30. The number of ether oxygens (including phenoxy) is 2. The maximum atomic E-state index is 12.0. The van der Waals surface area contributed by atoms with Crippen molar-refractivity contribution in [3.8, 4) is 17.0 Å². The Morgan fingerprint density at radius 1 is 1.24 bits per heavy atom. The Morgan fingerprint density at radius 3 is 2.48 bits per heavy atom. The molecule has 1 heterocycles. The van der Waals surface area contributed by atoms with E-state index in [1.54, 1.807) is 13.0 Å². The summed E-state index contributed by atoms with van der Waals surface area (Å²) in [6.07, 6.45) is -3.24. The molecule has 21 heavy (non-hydrogen) atoms. The molecule has 112 valence electrons. The molecule has 1 aromatic heterocycles. The molecule has 0 atom stereocenters. The zero-order valence-electron chi connectivity index (χ0n) is 11.0. The van der Waals surface area contributed by atoms with E-state index in [-0.39, 0.29) is 12.4 Å². The summed E-state index contributed by atoms with van der Waals surface area (Å²) < 4.78 is 44.8. The number of aromatic nitrogens is 1. The third-order valence-corrected chi connectivity index (χ3v) is 2.59. The molecule has 0 unspecified atom stereocenters. The third-order valence-electron chi connectivity index (χ3n) is 2.59. The molecule has 0 saturated heterocycles. The number of esters is 1. The molecule has 0 amide bonds. The average molecular weight is 299 g/mol. The molecule has 1 N–H and O–H groups in total. The van der Waals surface area contributed by atoms with Crippen LogP contribution in [0.5, 0.6) is 5.75 Å². The number of rotatable bonds is 4. The summed E-state index contributed by atoms with van der Waals surface area (Å²) in [6, 6.07) is 6.89. The number of carbonyl (C=O) groups excluding carboxylic acids is 1. The second kappa shape index (κ2) is 5.90. The fourth-order valence-corrected chi connectivity index (χ4v) is 1.73. The minimum atomic E-state index is -4.72. The van der Waals surface area contributed by atoms with Gasteiger partial charge in [0.05, 0.1) is 12.2 Å². The predicted molar refractivity (Wildman–Crippen MR) is 68.9 cm³/mol. The van der Waals surface area contributed by atoms with Crippen LogP contribution in [0.25, 0.3) is 11.3 Å². The van der Waals surface area contributed by atoms with Gasteiger partial charge in [0.15, 0.2) is 0 Å². The summed E-state index contributed by atoms with van der Waals surface area (Å²) in [5.74, 6) is -0.763. The van der Waals surface area contributed by atoms with Gasteiger partial charge in [-0.15, -0.1) is 13.2 Å². The first-order chi connectivity index (χ1) is 9.89. The number of benzene rings is 1. The lowest BCUT2D eigenvalue weighted by Crippen LogP contribution is -2.16. The molecule has 2 aromatic rings. The summed E-state index contributed by atoms with van der Waals surface area (Å²) in [4.78, 5) is 14.4. The molecular formula is C14H12F3NO3. The molecule has 0 radical (unpaired) electrons. The fourth-order valence-electron chi connectivity index (χ4n) is 1.73. The van der Waals surface area contributed by atoms with E-state index in [0.717, 1.165) is 0 Å². The highest BCUT2D eigenvalue weighted by atomic mass is 19.4. The normalized spacial score (nSPS) is 11.2. The SMILES string of the molecule is CCOC(=O)c1c[nH]c(-c2ccc(OC(F)(F)F)cc2)c1. The molecule has 0 spiro atoms. The Bertz CT molecular complexity index is 617. The van der Waals surface area contributed by atoms with Gasteiger partial charge >= 0.3 is 12.3 Å². The lowest BCUT2D eigenvalue weighted by Gasteiger charge is -2.08. The third kappa shape index (κ3) is 4.01. The van der Waals surface area contributed by atoms with E-state index < -0.39 is 12.3 Å². The van der Waals surface area contributed by atoms with Gasteiger partial charge in [-0.2, -0.15) is 0 Å². The maximum Gasteiger partial charge on any atom is 0.573 e. The van der Waals surface area contributed by atoms with E-state index in [1.165, 1.54) is 30.5 Å². The van der Waals surface area contributed by atoms with Gasteiger partial charge in [0.25, 0.3) is 0 Å². The standard InChI is InChI=1S/C14H12F3NO3/c1-2-20-13(19)10-7-12(18-8-10)9-3-5-11(6-4-9)21-14(15,16)17/h3-8,18H,2H2,1H3. The van der Waals surface area contributed by atoms with Crippen LogP contribution >= 0.6 is 0 Å². The van der Waals surface area contributed by atoms with Gasteiger partial charge in [-0.3, -0.25) is 0 Å². The number of H-pyrrole nitrogens is 1. The van der Waals surface area contributed by atoms with Gasteiger partial charge in [0.1, 0.15) is 5.75 Å². The zero-order valence-corrected chi connectivity index (χ0v) is 11.0. The molecule has 7 heteroatoms. The highest BCUT2D eigenvalue weighted by molar-refractivity contribution is 5.90. The monoisotopic (exact) mass is 299 g/mol. The second-order valence-corrected chi connectivity index (χ2v) is 4.09. The van der Waals surface area contributed by atoms with E-state index in [1.807, 2.05) is 0 Å². The van der Waals surface area contributed by atoms with E-state index in [2.05, 4.69) is 9.72 Å². The molecule has 0 bridgehead atoms. The quantitative estimate of drug-likeness (QED) is 0.875. The van der Waals surface area contributed by atoms with Crippen molar-refractivity contribution in [1.82, 2.24) is 4.98 Å². The first-order valence-corrected chi connectivity index (χ1v) is 6.11. The van der Waals surface area contributed by atoms with Gasteiger partial charge in [0.2, 0.25) is 0 Å². The molecule has 0 aliphatic rings. The van der Waals surface area contributed by atoms with Crippen LogP contribution in [-0.2, 0) is 4.74 Å². The van der Waals surface area contributed by atoms with Gasteiger partial charge in [-0.1, -0.05) is 0 Å². The number of alkyl halides is 3. The van der Waals surface area contributed by atoms with E-state index in [9.17, 15) is 18.0 Å². The number of carbonyl (C=O) groups is 1. The van der Waals surface area contributed by atoms with E-state index in [0.29, 0.717) is 16.8 Å². The molecule has 0 aliphatic heterocycles. The van der Waals surface area contributed by atoms with Crippen molar-refractivity contribution >= 4 is 5.97 Å². The van der Waals surface area contributed by atoms with Crippen molar-refractivity contribution in [3.63, 3.8) is 0 Å². The lowest BCUT2D eigenvalue weighted by molar-refractivity contribution is -0.274. The van der Waals surface area contributed by atoms with Crippen LogP contribution in [0.2, 0.25) is 0 Å². The second-order valence-electron chi connectivity index (χ2n) is 4.09. The van der Waals surface area contributed by atoms with Crippen molar-refractivity contribution in [3.05, 3.63) is 42.1 Å². The van der Waals surface area contributed by atoms with Crippen molar-refractivity contribution < 1.29 is 27.4 Å². The number of hydrogen-bond donors (Lipinski definition) is 1. The van der Waals surface area contributed by atoms with E-state index in [4.69, 9.17) is 4.74 Å². The average Bonchev–Trinajstić information content (AvgIpc) is 2.87. The van der Waals surface area contributed by atoms with Gasteiger partial charge < -0.3 is 14.5 Å². The van der Waals surface area contributed by atoms with Crippen LogP contribution in [0.15, 0.2) is 36.5 Å². The Morgan fingerprint density at radius 2 is 1.90 bits per heavy atom. The van der Waals surface area contributed by atoms with Gasteiger partial charge in [-0.25, -0.2) is 4.79 Å². The number of hydrogen-bond acceptors (Lipinski definition) is 3. The zero-order chi connectivity index (χ0) is 15.5. The minimum Gasteiger partial charge on any atom is -0.462 e. The molecule has 0 saturated carbocycles. The Labute approximate surface area is 118 Å². The van der Waals surface area contributed by atoms with Crippen LogP contribution in [0.1, 0.15) is 17.3 Å². The van der Waals surface area contributed by atoms with Crippen LogP contribution < -0.4 is 4.74 Å². The predicted octanol–water partition coefficient (Wildman–Crippen LogP) is 3.76. The maximum absolute atomic E-state index is 12.0. The minimum absolute atomic E-state index is 0.267. The van der Waals surface area contributed by atoms with Crippen LogP contribution in [-0.4, -0.2) is 23.9 Å². The Balaban J connectivity index is 2.14. The van der Waals surface area contributed by atoms with Gasteiger partial charge in [0, 0.05) is 11.9 Å². The summed E-state index contributed by atoms with van der Waals surface area (Å²) in [6.45, 7) is 1.97. The molecule has 1 aromatic carbocycles. The van der Waals surface area contributed by atoms with Crippen LogP contribution in [0.4, 0.5) is 13.2 Å². The Kier molecular flexibility index (Phi) is 4.21. The smallest absolute Gasteiger partial charge is 0.462 e. The summed E-state index contributed by atoms with van der Waals surface area (Å²) in [5.41, 5.74) is 1.57. The first-order valence-electron chi connectivity index (χ1n) is 6.11. The fraction of sp³-hybridized carbons (Fsp3) is 0.214.